The van der Waals surface area contributed by atoms with Crippen LogP contribution >= 0.6 is 0 Å². The molecule has 0 aliphatic carbocycles. The molecule has 1 aliphatic rings. The van der Waals surface area contributed by atoms with Crippen LogP contribution in [0.2, 0.25) is 0 Å². The van der Waals surface area contributed by atoms with Gasteiger partial charge in [0.25, 0.3) is 5.56 Å². The van der Waals surface area contributed by atoms with Crippen LogP contribution < -0.4 is 16.6 Å². The maximum atomic E-state index is 12.1. The van der Waals surface area contributed by atoms with Crippen LogP contribution in [0.1, 0.15) is 25.3 Å². The van der Waals surface area contributed by atoms with Gasteiger partial charge in [-0.2, -0.15) is 0 Å². The summed E-state index contributed by atoms with van der Waals surface area (Å²) >= 11 is 0. The molecular formula is C16H26N4O2. The number of nitrogens with zero attached hydrogens (tertiary/aromatic N) is 3. The molecule has 0 radical (unpaired) electrons. The molecule has 1 aromatic heterocycles. The second-order valence-electron chi connectivity index (χ2n) is 6.30. The summed E-state index contributed by atoms with van der Waals surface area (Å²) in [5.74, 6) is 0. The van der Waals surface area contributed by atoms with Crippen molar-refractivity contribution >= 4 is 0 Å². The lowest BCUT2D eigenvalue weighted by atomic mass is 10.0. The summed E-state index contributed by atoms with van der Waals surface area (Å²) in [6, 6.07) is 0.420. The Labute approximate surface area is 131 Å². The minimum Gasteiger partial charge on any atom is -0.310 e. The van der Waals surface area contributed by atoms with Crippen molar-refractivity contribution in [2.45, 2.75) is 32.4 Å². The molecule has 0 aromatic carbocycles. The molecule has 1 fully saturated rings. The Bertz CT molecular complexity index is 651. The largest absolute Gasteiger partial charge is 0.330 e. The second kappa shape index (κ2) is 7.07. The van der Waals surface area contributed by atoms with E-state index in [0.29, 0.717) is 18.2 Å². The summed E-state index contributed by atoms with van der Waals surface area (Å²) in [6.45, 7) is 9.59. The first-order valence-electron chi connectivity index (χ1n) is 7.74. The van der Waals surface area contributed by atoms with E-state index in [1.165, 1.54) is 17.2 Å². The van der Waals surface area contributed by atoms with Crippen molar-refractivity contribution in [2.24, 2.45) is 14.1 Å². The number of hydrogen-bond acceptors (Lipinski definition) is 4. The normalized spacial score (nSPS) is 16.9. The third-order valence-corrected chi connectivity index (χ3v) is 4.18. The Kier molecular flexibility index (Phi) is 5.37. The zero-order valence-corrected chi connectivity index (χ0v) is 13.8. The molecular weight excluding hydrogens is 280 g/mol. The molecule has 0 saturated carbocycles. The Morgan fingerprint density at radius 2 is 1.95 bits per heavy atom. The molecule has 2 heterocycles. The van der Waals surface area contributed by atoms with Gasteiger partial charge in [-0.15, -0.1) is 0 Å². The average Bonchev–Trinajstić information content (AvgIpc) is 2.48. The van der Waals surface area contributed by atoms with Crippen LogP contribution in [0.15, 0.2) is 27.9 Å². The van der Waals surface area contributed by atoms with Gasteiger partial charge in [0.05, 0.1) is 0 Å². The van der Waals surface area contributed by atoms with Gasteiger partial charge in [-0.05, 0) is 32.9 Å². The average molecular weight is 306 g/mol. The van der Waals surface area contributed by atoms with E-state index in [1.54, 1.807) is 13.2 Å². The number of rotatable bonds is 5. The molecule has 6 nitrogen and oxygen atoms in total. The van der Waals surface area contributed by atoms with Gasteiger partial charge in [-0.25, -0.2) is 4.79 Å². The van der Waals surface area contributed by atoms with Crippen molar-refractivity contribution in [1.29, 1.82) is 0 Å². The highest BCUT2D eigenvalue weighted by molar-refractivity contribution is 5.05. The van der Waals surface area contributed by atoms with Crippen LogP contribution in [0.5, 0.6) is 0 Å². The molecule has 1 aromatic rings. The smallest absolute Gasteiger partial charge is 0.310 e. The minimum absolute atomic E-state index is 0.213. The molecule has 0 spiro atoms. The summed E-state index contributed by atoms with van der Waals surface area (Å²) in [4.78, 5) is 26.2. The Balaban J connectivity index is 1.91. The lowest BCUT2D eigenvalue weighted by molar-refractivity contribution is 0.211. The number of likely N-dealkylation sites (tertiary alicyclic amines) is 1. The summed E-state index contributed by atoms with van der Waals surface area (Å²) < 4.78 is 2.61. The minimum atomic E-state index is -0.290. The van der Waals surface area contributed by atoms with Gasteiger partial charge in [-0.1, -0.05) is 12.2 Å². The van der Waals surface area contributed by atoms with Gasteiger partial charge in [0.1, 0.15) is 0 Å². The van der Waals surface area contributed by atoms with Crippen LogP contribution in [0.4, 0.5) is 0 Å². The quantitative estimate of drug-likeness (QED) is 0.790. The molecule has 0 atom stereocenters. The fraction of sp³-hybridized carbons (Fsp3) is 0.625. The van der Waals surface area contributed by atoms with Crippen molar-refractivity contribution in [1.82, 2.24) is 19.4 Å². The summed E-state index contributed by atoms with van der Waals surface area (Å²) in [5.41, 5.74) is 1.33. The highest BCUT2D eigenvalue weighted by Gasteiger charge is 2.19. The van der Waals surface area contributed by atoms with Crippen molar-refractivity contribution in [3.63, 3.8) is 0 Å². The van der Waals surface area contributed by atoms with Crippen LogP contribution in [0, 0.1) is 0 Å². The predicted molar refractivity (Wildman–Crippen MR) is 88.0 cm³/mol. The molecule has 1 N–H and O–H groups in total. The molecule has 1 saturated heterocycles. The molecule has 0 bridgehead atoms. The van der Waals surface area contributed by atoms with Gasteiger partial charge in [-0.3, -0.25) is 14.3 Å². The Morgan fingerprint density at radius 1 is 1.32 bits per heavy atom. The number of hydrogen-bond donors (Lipinski definition) is 1. The standard InChI is InChI=1S/C16H26N4O2/c1-12(2)10-20-7-5-14(6-8-20)17-9-13-11-18(3)16(22)19(4)15(13)21/h11,14,17H,1,5-10H2,2-4H3. The summed E-state index contributed by atoms with van der Waals surface area (Å²) in [7, 11) is 3.19. The number of aryl methyl sites for hydroxylation is 1. The van der Waals surface area contributed by atoms with Crippen molar-refractivity contribution in [3.05, 3.63) is 44.8 Å². The fourth-order valence-corrected chi connectivity index (χ4v) is 2.94. The topological polar surface area (TPSA) is 59.3 Å². The highest BCUT2D eigenvalue weighted by Crippen LogP contribution is 2.11. The zero-order chi connectivity index (χ0) is 16.3. The van der Waals surface area contributed by atoms with Gasteiger partial charge >= 0.3 is 5.69 Å². The van der Waals surface area contributed by atoms with Crippen LogP contribution in [0.3, 0.4) is 0 Å². The van der Waals surface area contributed by atoms with Crippen molar-refractivity contribution in [2.75, 3.05) is 19.6 Å². The molecule has 6 heteroatoms. The third-order valence-electron chi connectivity index (χ3n) is 4.18. The lowest BCUT2D eigenvalue weighted by Gasteiger charge is -2.32. The first kappa shape index (κ1) is 16.7. The number of nitrogens with one attached hydrogen (secondary N) is 1. The van der Waals surface area contributed by atoms with Crippen molar-refractivity contribution < 1.29 is 0 Å². The fourth-order valence-electron chi connectivity index (χ4n) is 2.94. The third kappa shape index (κ3) is 3.96. The first-order valence-corrected chi connectivity index (χ1v) is 7.74. The van der Waals surface area contributed by atoms with E-state index in [2.05, 4.69) is 23.7 Å². The van der Waals surface area contributed by atoms with E-state index in [9.17, 15) is 9.59 Å². The zero-order valence-electron chi connectivity index (χ0n) is 13.8. The maximum absolute atomic E-state index is 12.1. The van der Waals surface area contributed by atoms with E-state index in [-0.39, 0.29) is 11.2 Å². The highest BCUT2D eigenvalue weighted by atomic mass is 16.2. The molecule has 122 valence electrons. The molecule has 1 aliphatic heterocycles. The van der Waals surface area contributed by atoms with Crippen LogP contribution in [0.25, 0.3) is 0 Å². The molecule has 2 rings (SSSR count). The molecule has 0 amide bonds. The van der Waals surface area contributed by atoms with E-state index < -0.39 is 0 Å². The predicted octanol–water partition coefficient (Wildman–Crippen LogP) is 0.214. The molecule has 0 unspecified atom stereocenters. The van der Waals surface area contributed by atoms with Crippen LogP contribution in [-0.4, -0.2) is 39.7 Å². The number of aromatic nitrogens is 2. The van der Waals surface area contributed by atoms with E-state index >= 15 is 0 Å². The van der Waals surface area contributed by atoms with Gasteiger partial charge in [0.15, 0.2) is 0 Å². The van der Waals surface area contributed by atoms with E-state index in [0.717, 1.165) is 37.0 Å². The van der Waals surface area contributed by atoms with Crippen LogP contribution in [-0.2, 0) is 20.6 Å². The monoisotopic (exact) mass is 306 g/mol. The van der Waals surface area contributed by atoms with Gasteiger partial charge < -0.3 is 9.88 Å². The van der Waals surface area contributed by atoms with Crippen molar-refractivity contribution in [3.8, 4) is 0 Å². The summed E-state index contributed by atoms with van der Waals surface area (Å²) in [5, 5.41) is 3.45. The number of piperidine rings is 1. The van der Waals surface area contributed by atoms with E-state index in [4.69, 9.17) is 0 Å². The lowest BCUT2D eigenvalue weighted by Crippen LogP contribution is -2.44. The summed E-state index contributed by atoms with van der Waals surface area (Å²) in [6.07, 6.45) is 3.77. The van der Waals surface area contributed by atoms with Gasteiger partial charge in [0.2, 0.25) is 0 Å². The Hall–Kier alpha value is -1.66. The second-order valence-corrected chi connectivity index (χ2v) is 6.30. The molecule has 22 heavy (non-hydrogen) atoms. The maximum Gasteiger partial charge on any atom is 0.330 e. The Morgan fingerprint density at radius 3 is 2.55 bits per heavy atom. The van der Waals surface area contributed by atoms with E-state index in [1.807, 2.05) is 0 Å². The van der Waals surface area contributed by atoms with Gasteiger partial charge in [0, 0.05) is 45.0 Å². The SMILES string of the molecule is C=C(C)CN1CCC(NCc2cn(C)c(=O)n(C)c2=O)CC1. The first-order chi connectivity index (χ1) is 10.4.